The molecule has 0 N–H and O–H groups in total. The third kappa shape index (κ3) is 5.73. The molecule has 0 saturated heterocycles. The van der Waals surface area contributed by atoms with Gasteiger partial charge in [0.05, 0.1) is 39.6 Å². The molecule has 0 heterocycles. The van der Waals surface area contributed by atoms with Gasteiger partial charge in [0.2, 0.25) is 0 Å². The second kappa shape index (κ2) is 13.3. The Bertz CT molecular complexity index is 483. The molecular weight excluding hydrogens is 449 g/mol. The predicted molar refractivity (Wildman–Crippen MR) is 113 cm³/mol. The van der Waals surface area contributed by atoms with Crippen LogP contribution in [0, 0.1) is 0 Å². The van der Waals surface area contributed by atoms with Crippen molar-refractivity contribution in [3.63, 3.8) is 0 Å². The van der Waals surface area contributed by atoms with E-state index >= 15 is 0 Å². The maximum Gasteiger partial charge on any atom is 0.371 e. The lowest BCUT2D eigenvalue weighted by Crippen LogP contribution is -2.32. The molecule has 0 radical (unpaired) electrons. The molecule has 170 valence electrons. The van der Waals surface area contributed by atoms with E-state index < -0.39 is 26.8 Å². The van der Waals surface area contributed by atoms with Crippen LogP contribution in [0.3, 0.4) is 0 Å². The minimum atomic E-state index is -4.40. The Hall–Kier alpha value is 0.800. The molecule has 0 unspecified atom stereocenters. The SMILES string of the molecule is CCOP(=O)(OCC)C(SCC)(P(=O)(OCC)OCC)P(=O)(OCC)OCC. The van der Waals surface area contributed by atoms with Crippen LogP contribution in [-0.2, 0) is 40.8 Å². The minimum Gasteiger partial charge on any atom is -0.307 e. The average molecular weight is 484 g/mol. The highest BCUT2D eigenvalue weighted by molar-refractivity contribution is 8.22. The van der Waals surface area contributed by atoms with E-state index in [-0.39, 0.29) is 45.4 Å². The summed E-state index contributed by atoms with van der Waals surface area (Å²) in [5, 5.41) is 0. The number of thioether (sulfide) groups is 1. The maximum atomic E-state index is 14.1. The van der Waals surface area contributed by atoms with E-state index in [2.05, 4.69) is 0 Å². The van der Waals surface area contributed by atoms with Gasteiger partial charge in [0, 0.05) is 0 Å². The first kappa shape index (κ1) is 28.8. The fourth-order valence-corrected chi connectivity index (χ4v) is 15.9. The fourth-order valence-electron chi connectivity index (χ4n) is 2.52. The fraction of sp³-hybridized carbons (Fsp3) is 1.00. The molecule has 0 aliphatic heterocycles. The van der Waals surface area contributed by atoms with Gasteiger partial charge in [0.1, 0.15) is 0 Å². The summed E-state index contributed by atoms with van der Waals surface area (Å²) in [7, 11) is -13.2. The molecule has 0 atom stereocenters. The predicted octanol–water partition coefficient (Wildman–Crippen LogP) is 6.15. The van der Waals surface area contributed by atoms with Crippen LogP contribution >= 0.6 is 34.5 Å². The van der Waals surface area contributed by atoms with Crippen molar-refractivity contribution in [1.82, 2.24) is 0 Å². The van der Waals surface area contributed by atoms with Crippen molar-refractivity contribution in [2.75, 3.05) is 45.4 Å². The summed E-state index contributed by atoms with van der Waals surface area (Å²) in [5.74, 6) is 0.248. The molecule has 9 nitrogen and oxygen atoms in total. The highest BCUT2D eigenvalue weighted by Gasteiger charge is 2.77. The largest absolute Gasteiger partial charge is 0.371 e. The Balaban J connectivity index is 7.29. The first-order valence-corrected chi connectivity index (χ1v) is 15.1. The first-order chi connectivity index (χ1) is 13.2. The lowest BCUT2D eigenvalue weighted by atomic mass is 10.9. The lowest BCUT2D eigenvalue weighted by molar-refractivity contribution is 0.180. The topological polar surface area (TPSA) is 107 Å². The summed E-state index contributed by atoms with van der Waals surface area (Å²) >= 11 is 0.845. The van der Waals surface area contributed by atoms with Gasteiger partial charge in [0.15, 0.2) is 0 Å². The zero-order chi connectivity index (χ0) is 21.9. The van der Waals surface area contributed by atoms with E-state index in [0.717, 1.165) is 11.8 Å². The smallest absolute Gasteiger partial charge is 0.307 e. The molecule has 0 aromatic heterocycles. The van der Waals surface area contributed by atoms with Crippen LogP contribution in [0.25, 0.3) is 0 Å². The van der Waals surface area contributed by atoms with Gasteiger partial charge in [0.25, 0.3) is 0 Å². The van der Waals surface area contributed by atoms with Crippen molar-refractivity contribution in [3.8, 4) is 0 Å². The zero-order valence-electron chi connectivity index (χ0n) is 17.9. The van der Waals surface area contributed by atoms with Gasteiger partial charge >= 0.3 is 26.8 Å². The average Bonchev–Trinajstić information content (AvgIpc) is 2.60. The van der Waals surface area contributed by atoms with Crippen LogP contribution in [0.4, 0.5) is 0 Å². The van der Waals surface area contributed by atoms with Crippen molar-refractivity contribution in [1.29, 1.82) is 0 Å². The van der Waals surface area contributed by atoms with Gasteiger partial charge in [-0.15, -0.1) is 11.8 Å². The van der Waals surface area contributed by atoms with Gasteiger partial charge in [-0.3, -0.25) is 13.7 Å². The standard InChI is InChI=1S/C15H35O9P3S/c1-8-19-25(16,20-9-2)15(28-14-7,26(17,21-10-3)22-11-4)27(18,23-12-5)24-13-6/h8-14H2,1-7H3. The van der Waals surface area contributed by atoms with E-state index in [9.17, 15) is 13.7 Å². The monoisotopic (exact) mass is 484 g/mol. The van der Waals surface area contributed by atoms with E-state index in [1.165, 1.54) is 0 Å². The number of hydrogen-bond donors (Lipinski definition) is 0. The van der Waals surface area contributed by atoms with Crippen LogP contribution in [-0.4, -0.2) is 49.4 Å². The third-order valence-corrected chi connectivity index (χ3v) is 17.2. The van der Waals surface area contributed by atoms with E-state index in [4.69, 9.17) is 27.1 Å². The van der Waals surface area contributed by atoms with Gasteiger partial charge in [-0.25, -0.2) is 0 Å². The molecule has 28 heavy (non-hydrogen) atoms. The minimum absolute atomic E-state index is 0.0419. The molecule has 0 aromatic rings. The van der Waals surface area contributed by atoms with Gasteiger partial charge in [-0.05, 0) is 47.3 Å². The molecule has 0 spiro atoms. The van der Waals surface area contributed by atoms with Crippen LogP contribution in [0.15, 0.2) is 0 Å². The summed E-state index contributed by atoms with van der Waals surface area (Å²) in [5.41, 5.74) is 0. The summed E-state index contributed by atoms with van der Waals surface area (Å²) in [4.78, 5) is 0. The Kier molecular flexibility index (Phi) is 13.6. The molecule has 0 fully saturated rings. The molecular formula is C15H35O9P3S. The molecule has 0 aliphatic carbocycles. The summed E-state index contributed by atoms with van der Waals surface area (Å²) in [6.07, 6.45) is 0. The van der Waals surface area contributed by atoms with Crippen molar-refractivity contribution < 1.29 is 40.8 Å². The lowest BCUT2D eigenvalue weighted by Gasteiger charge is -2.43. The third-order valence-electron chi connectivity index (χ3n) is 3.20. The molecule has 0 bridgehead atoms. The van der Waals surface area contributed by atoms with Gasteiger partial charge in [-0.1, -0.05) is 6.92 Å². The Morgan fingerprint density at radius 3 is 0.893 bits per heavy atom. The van der Waals surface area contributed by atoms with Crippen molar-refractivity contribution in [2.24, 2.45) is 0 Å². The first-order valence-electron chi connectivity index (χ1n) is 9.49. The van der Waals surface area contributed by atoms with Gasteiger partial charge in [-0.2, -0.15) is 0 Å². The maximum absolute atomic E-state index is 14.1. The van der Waals surface area contributed by atoms with Crippen LogP contribution in [0.5, 0.6) is 0 Å². The highest BCUT2D eigenvalue weighted by atomic mass is 32.2. The Labute approximate surface area is 173 Å². The van der Waals surface area contributed by atoms with E-state index in [1.54, 1.807) is 48.5 Å². The Morgan fingerprint density at radius 1 is 0.536 bits per heavy atom. The molecule has 0 aromatic carbocycles. The van der Waals surface area contributed by atoms with Crippen LogP contribution < -0.4 is 0 Å². The van der Waals surface area contributed by atoms with Crippen molar-refractivity contribution in [3.05, 3.63) is 0 Å². The molecule has 0 aliphatic rings. The Morgan fingerprint density at radius 2 is 0.750 bits per heavy atom. The summed E-state index contributed by atoms with van der Waals surface area (Å²) in [6.45, 7) is 11.1. The van der Waals surface area contributed by atoms with Crippen LogP contribution in [0.2, 0.25) is 0 Å². The summed E-state index contributed by atoms with van der Waals surface area (Å²) < 4.78 is 73.0. The quantitative estimate of drug-likeness (QED) is 0.223. The van der Waals surface area contributed by atoms with E-state index in [0.29, 0.717) is 0 Å². The molecule has 13 heteroatoms. The second-order valence-corrected chi connectivity index (χ2v) is 15.0. The summed E-state index contributed by atoms with van der Waals surface area (Å²) in [6, 6.07) is 0. The zero-order valence-corrected chi connectivity index (χ0v) is 21.4. The van der Waals surface area contributed by atoms with Crippen LogP contribution in [0.1, 0.15) is 48.5 Å². The molecule has 0 rings (SSSR count). The van der Waals surface area contributed by atoms with E-state index in [1.807, 2.05) is 0 Å². The van der Waals surface area contributed by atoms with Crippen molar-refractivity contribution >= 4 is 34.5 Å². The van der Waals surface area contributed by atoms with Crippen molar-refractivity contribution in [2.45, 2.75) is 52.4 Å². The highest BCUT2D eigenvalue weighted by Crippen LogP contribution is 2.94. The number of rotatable bonds is 17. The molecule has 0 amide bonds. The second-order valence-electron chi connectivity index (χ2n) is 5.01. The number of hydrogen-bond acceptors (Lipinski definition) is 10. The normalized spacial score (nSPS) is 13.8. The van der Waals surface area contributed by atoms with Gasteiger partial charge < -0.3 is 27.1 Å². The molecule has 0 saturated carbocycles.